The third kappa shape index (κ3) is 3.79. The van der Waals surface area contributed by atoms with Gasteiger partial charge in [-0.2, -0.15) is 0 Å². The molecule has 3 aromatic rings. The Morgan fingerprint density at radius 1 is 0.864 bits per heavy atom. The second-order valence-electron chi connectivity index (χ2n) is 5.27. The average molecular weight is 311 g/mol. The number of halogens is 1. The topological polar surface area (TPSA) is 17.0 Å². The van der Waals surface area contributed by atoms with Crippen molar-refractivity contribution in [3.05, 3.63) is 89.2 Å². The van der Waals surface area contributed by atoms with E-state index < -0.39 is 0 Å². The first kappa shape index (κ1) is 14.9. The van der Waals surface area contributed by atoms with E-state index in [2.05, 4.69) is 58.7 Å². The Morgan fingerprint density at radius 2 is 1.59 bits per heavy atom. The molecular formula is C19H19ClN2. The van der Waals surface area contributed by atoms with Gasteiger partial charge in [0.05, 0.1) is 0 Å². The highest BCUT2D eigenvalue weighted by molar-refractivity contribution is 6.30. The molecule has 0 bridgehead atoms. The summed E-state index contributed by atoms with van der Waals surface area (Å²) >= 11 is 5.90. The molecular weight excluding hydrogens is 292 g/mol. The summed E-state index contributed by atoms with van der Waals surface area (Å²) in [6.45, 7) is 1.81. The van der Waals surface area contributed by atoms with E-state index in [1.165, 1.54) is 16.8 Å². The van der Waals surface area contributed by atoms with E-state index in [4.69, 9.17) is 11.6 Å². The molecule has 1 aromatic heterocycles. The van der Waals surface area contributed by atoms with Gasteiger partial charge in [-0.1, -0.05) is 41.9 Å². The maximum Gasteiger partial charge on any atom is 0.0494 e. The van der Waals surface area contributed by atoms with E-state index in [1.54, 1.807) is 0 Å². The van der Waals surface area contributed by atoms with Crippen LogP contribution in [0, 0.1) is 0 Å². The Balaban J connectivity index is 1.57. The fourth-order valence-corrected chi connectivity index (χ4v) is 2.64. The van der Waals surface area contributed by atoms with Crippen LogP contribution >= 0.6 is 11.6 Å². The van der Waals surface area contributed by atoms with E-state index in [9.17, 15) is 0 Å². The zero-order chi connectivity index (χ0) is 15.2. The third-order valence-corrected chi connectivity index (χ3v) is 3.95. The molecule has 2 nitrogen and oxygen atoms in total. The molecule has 0 radical (unpaired) electrons. The van der Waals surface area contributed by atoms with Gasteiger partial charge in [-0.05, 0) is 54.4 Å². The highest BCUT2D eigenvalue weighted by Crippen LogP contribution is 2.14. The van der Waals surface area contributed by atoms with Crippen LogP contribution in [0.25, 0.3) is 5.69 Å². The van der Waals surface area contributed by atoms with Gasteiger partial charge in [0.1, 0.15) is 0 Å². The van der Waals surface area contributed by atoms with Crippen LogP contribution in [0.3, 0.4) is 0 Å². The average Bonchev–Trinajstić information content (AvgIpc) is 3.08. The van der Waals surface area contributed by atoms with Crippen molar-refractivity contribution in [2.75, 3.05) is 6.54 Å². The van der Waals surface area contributed by atoms with Crippen LogP contribution in [-0.2, 0) is 13.0 Å². The van der Waals surface area contributed by atoms with Crippen molar-refractivity contribution >= 4 is 11.6 Å². The molecule has 0 spiro atoms. The fourth-order valence-electron chi connectivity index (χ4n) is 2.51. The molecule has 0 amide bonds. The summed E-state index contributed by atoms with van der Waals surface area (Å²) in [5.74, 6) is 0. The van der Waals surface area contributed by atoms with Crippen LogP contribution in [0.2, 0.25) is 5.02 Å². The minimum absolute atomic E-state index is 0.789. The van der Waals surface area contributed by atoms with Crippen LogP contribution in [0.5, 0.6) is 0 Å². The normalized spacial score (nSPS) is 10.8. The standard InChI is InChI=1S/C19H19ClN2/c20-18-9-7-16(8-10-18)11-12-21-15-17-5-1-2-6-19(17)22-13-3-4-14-22/h1-10,13-14,21H,11-12,15H2. The summed E-state index contributed by atoms with van der Waals surface area (Å²) in [5.41, 5.74) is 3.83. The number of hydrogen-bond donors (Lipinski definition) is 1. The lowest BCUT2D eigenvalue weighted by Crippen LogP contribution is -2.17. The maximum atomic E-state index is 5.90. The van der Waals surface area contributed by atoms with Crippen molar-refractivity contribution in [2.45, 2.75) is 13.0 Å². The summed E-state index contributed by atoms with van der Waals surface area (Å²) in [6.07, 6.45) is 5.15. The summed E-state index contributed by atoms with van der Waals surface area (Å²) in [6, 6.07) is 20.6. The van der Waals surface area contributed by atoms with E-state index in [0.717, 1.165) is 24.5 Å². The highest BCUT2D eigenvalue weighted by atomic mass is 35.5. The lowest BCUT2D eigenvalue weighted by Gasteiger charge is -2.11. The molecule has 0 aliphatic heterocycles. The molecule has 0 saturated heterocycles. The van der Waals surface area contributed by atoms with Crippen LogP contribution < -0.4 is 5.32 Å². The van der Waals surface area contributed by atoms with Crippen LogP contribution in [-0.4, -0.2) is 11.1 Å². The van der Waals surface area contributed by atoms with Gasteiger partial charge in [0.2, 0.25) is 0 Å². The van der Waals surface area contributed by atoms with Gasteiger partial charge >= 0.3 is 0 Å². The molecule has 0 atom stereocenters. The molecule has 0 saturated carbocycles. The molecule has 0 fully saturated rings. The Kier molecular flexibility index (Phi) is 4.94. The second-order valence-corrected chi connectivity index (χ2v) is 5.71. The first-order valence-electron chi connectivity index (χ1n) is 7.49. The van der Waals surface area contributed by atoms with Gasteiger partial charge in [-0.25, -0.2) is 0 Å². The Morgan fingerprint density at radius 3 is 2.36 bits per heavy atom. The SMILES string of the molecule is Clc1ccc(CCNCc2ccccc2-n2cccc2)cc1. The molecule has 2 aromatic carbocycles. The maximum absolute atomic E-state index is 5.90. The van der Waals surface area contributed by atoms with E-state index in [1.807, 2.05) is 24.3 Å². The Hall–Kier alpha value is -2.03. The monoisotopic (exact) mass is 310 g/mol. The quantitative estimate of drug-likeness (QED) is 0.665. The van der Waals surface area contributed by atoms with Crippen molar-refractivity contribution in [1.29, 1.82) is 0 Å². The molecule has 0 aliphatic carbocycles. The Bertz CT molecular complexity index is 703. The summed E-state index contributed by atoms with van der Waals surface area (Å²) in [5, 5.41) is 4.31. The van der Waals surface area contributed by atoms with Crippen LogP contribution in [0.1, 0.15) is 11.1 Å². The molecule has 0 unspecified atom stereocenters. The van der Waals surface area contributed by atoms with Gasteiger partial charge in [0, 0.05) is 29.6 Å². The highest BCUT2D eigenvalue weighted by Gasteiger charge is 2.02. The molecule has 0 aliphatic rings. The molecule has 22 heavy (non-hydrogen) atoms. The van der Waals surface area contributed by atoms with Gasteiger partial charge in [0.25, 0.3) is 0 Å². The predicted molar refractivity (Wildman–Crippen MR) is 92.6 cm³/mol. The lowest BCUT2D eigenvalue weighted by molar-refractivity contribution is 0.684. The van der Waals surface area contributed by atoms with Gasteiger partial charge < -0.3 is 9.88 Å². The summed E-state index contributed by atoms with van der Waals surface area (Å²) < 4.78 is 2.15. The van der Waals surface area contributed by atoms with Crippen molar-refractivity contribution < 1.29 is 0 Å². The number of para-hydroxylation sites is 1. The number of nitrogens with zero attached hydrogens (tertiary/aromatic N) is 1. The first-order valence-corrected chi connectivity index (χ1v) is 7.87. The van der Waals surface area contributed by atoms with Gasteiger partial charge in [-0.15, -0.1) is 0 Å². The van der Waals surface area contributed by atoms with Gasteiger partial charge in [-0.3, -0.25) is 0 Å². The first-order chi connectivity index (χ1) is 10.8. The predicted octanol–water partition coefficient (Wildman–Crippen LogP) is 4.46. The van der Waals surface area contributed by atoms with Crippen molar-refractivity contribution in [3.8, 4) is 5.69 Å². The number of rotatable bonds is 6. The molecule has 1 heterocycles. The van der Waals surface area contributed by atoms with E-state index >= 15 is 0 Å². The number of benzene rings is 2. The van der Waals surface area contributed by atoms with Crippen molar-refractivity contribution in [1.82, 2.24) is 9.88 Å². The van der Waals surface area contributed by atoms with Crippen molar-refractivity contribution in [2.24, 2.45) is 0 Å². The zero-order valence-electron chi connectivity index (χ0n) is 12.4. The smallest absolute Gasteiger partial charge is 0.0494 e. The molecule has 1 N–H and O–H groups in total. The lowest BCUT2D eigenvalue weighted by atomic mass is 10.1. The number of aromatic nitrogens is 1. The zero-order valence-corrected chi connectivity index (χ0v) is 13.1. The second kappa shape index (κ2) is 7.30. The van der Waals surface area contributed by atoms with Crippen molar-refractivity contribution in [3.63, 3.8) is 0 Å². The van der Waals surface area contributed by atoms with Crippen LogP contribution in [0.15, 0.2) is 73.1 Å². The third-order valence-electron chi connectivity index (χ3n) is 3.69. The largest absolute Gasteiger partial charge is 0.324 e. The summed E-state index contributed by atoms with van der Waals surface area (Å²) in [4.78, 5) is 0. The molecule has 112 valence electrons. The summed E-state index contributed by atoms with van der Waals surface area (Å²) in [7, 11) is 0. The minimum Gasteiger partial charge on any atom is -0.324 e. The molecule has 3 heteroatoms. The van der Waals surface area contributed by atoms with E-state index in [0.29, 0.717) is 0 Å². The molecule has 3 rings (SSSR count). The number of hydrogen-bond acceptors (Lipinski definition) is 1. The van der Waals surface area contributed by atoms with Gasteiger partial charge in [0.15, 0.2) is 0 Å². The fraction of sp³-hybridized carbons (Fsp3) is 0.158. The number of nitrogens with one attached hydrogen (secondary N) is 1. The van der Waals surface area contributed by atoms with Crippen LogP contribution in [0.4, 0.5) is 0 Å². The Labute approximate surface area is 136 Å². The minimum atomic E-state index is 0.789. The van der Waals surface area contributed by atoms with E-state index in [-0.39, 0.29) is 0 Å².